The Labute approximate surface area is 128 Å². The Hall–Kier alpha value is -1.52. The van der Waals surface area contributed by atoms with Crippen LogP contribution in [0, 0.1) is 5.92 Å². The largest absolute Gasteiger partial charge is 0.454 e. The summed E-state index contributed by atoms with van der Waals surface area (Å²) in [7, 11) is 1.54. The Morgan fingerprint density at radius 1 is 1.10 bits per heavy atom. The summed E-state index contributed by atoms with van der Waals surface area (Å²) in [4.78, 5) is 25.8. The summed E-state index contributed by atoms with van der Waals surface area (Å²) in [5.74, 6) is -0.570. The molecule has 0 rings (SSSR count). The van der Waals surface area contributed by atoms with E-state index in [1.807, 2.05) is 13.8 Å². The van der Waals surface area contributed by atoms with Crippen molar-refractivity contribution in [3.63, 3.8) is 0 Å². The third-order valence-electron chi connectivity index (χ3n) is 2.83. The van der Waals surface area contributed by atoms with E-state index in [9.17, 15) is 9.59 Å². The van der Waals surface area contributed by atoms with Crippen molar-refractivity contribution >= 4 is 12.1 Å². The van der Waals surface area contributed by atoms with Gasteiger partial charge < -0.3 is 9.47 Å². The normalized spacial score (nSPS) is 13.6. The first-order chi connectivity index (χ1) is 9.30. The minimum atomic E-state index is -0.779. The van der Waals surface area contributed by atoms with E-state index in [-0.39, 0.29) is 5.92 Å². The van der Waals surface area contributed by atoms with Crippen molar-refractivity contribution in [2.75, 3.05) is 7.05 Å². The zero-order chi connectivity index (χ0) is 17.0. The van der Waals surface area contributed by atoms with E-state index in [1.54, 1.807) is 47.7 Å². The summed E-state index contributed by atoms with van der Waals surface area (Å²) in [6.45, 7) is 16.2. The van der Waals surface area contributed by atoms with Crippen LogP contribution in [-0.2, 0) is 14.3 Å². The van der Waals surface area contributed by atoms with E-state index < -0.39 is 29.3 Å². The van der Waals surface area contributed by atoms with Gasteiger partial charge in [-0.25, -0.2) is 9.59 Å². The lowest BCUT2D eigenvalue weighted by Gasteiger charge is -2.33. The minimum absolute atomic E-state index is 0.101. The maximum absolute atomic E-state index is 12.4. The molecule has 1 amide bonds. The molecule has 0 bridgehead atoms. The predicted octanol–water partition coefficient (Wildman–Crippen LogP) is 3.39. The molecule has 0 unspecified atom stereocenters. The van der Waals surface area contributed by atoms with E-state index in [0.29, 0.717) is 0 Å². The number of likely N-dealkylation sites (N-methyl/N-ethyl adjacent to an activating group) is 1. The van der Waals surface area contributed by atoms with E-state index in [0.717, 1.165) is 0 Å². The first kappa shape index (κ1) is 19.5. The van der Waals surface area contributed by atoms with E-state index in [2.05, 4.69) is 6.58 Å². The predicted molar refractivity (Wildman–Crippen MR) is 83.0 cm³/mol. The summed E-state index contributed by atoms with van der Waals surface area (Å²) in [6, 6.07) is -0.709. The molecule has 1 atom stereocenters. The molecule has 0 N–H and O–H groups in total. The fourth-order valence-electron chi connectivity index (χ4n) is 1.69. The number of rotatable bonds is 5. The van der Waals surface area contributed by atoms with Crippen molar-refractivity contribution in [2.24, 2.45) is 5.92 Å². The SMILES string of the molecule is C=CC(C)(C)OC(=O)[C@H](C(C)C)N(C)C(=O)OC(C)(C)C. The number of hydrogen-bond acceptors (Lipinski definition) is 4. The van der Waals surface area contributed by atoms with Crippen molar-refractivity contribution in [3.05, 3.63) is 12.7 Å². The Morgan fingerprint density at radius 3 is 1.90 bits per heavy atom. The van der Waals surface area contributed by atoms with Gasteiger partial charge in [-0.2, -0.15) is 0 Å². The number of ether oxygens (including phenoxy) is 2. The highest BCUT2D eigenvalue weighted by Gasteiger charge is 2.35. The van der Waals surface area contributed by atoms with Crippen molar-refractivity contribution in [3.8, 4) is 0 Å². The molecule has 0 fully saturated rings. The molecule has 0 heterocycles. The van der Waals surface area contributed by atoms with Crippen LogP contribution in [0.2, 0.25) is 0 Å². The molecule has 5 nitrogen and oxygen atoms in total. The first-order valence-corrected chi connectivity index (χ1v) is 7.13. The molecule has 0 aromatic rings. The van der Waals surface area contributed by atoms with Gasteiger partial charge in [0.25, 0.3) is 0 Å². The summed E-state index contributed by atoms with van der Waals surface area (Å²) in [6.07, 6.45) is 1.00. The second-order valence-corrected chi connectivity index (χ2v) is 7.01. The zero-order valence-electron chi connectivity index (χ0n) is 14.5. The maximum Gasteiger partial charge on any atom is 0.410 e. The summed E-state index contributed by atoms with van der Waals surface area (Å²) >= 11 is 0. The van der Waals surface area contributed by atoms with Gasteiger partial charge in [-0.1, -0.05) is 20.4 Å². The Kier molecular flexibility index (Phi) is 6.46. The van der Waals surface area contributed by atoms with Gasteiger partial charge in [-0.3, -0.25) is 4.90 Å². The number of carbonyl (C=O) groups excluding carboxylic acids is 2. The fourth-order valence-corrected chi connectivity index (χ4v) is 1.69. The Balaban J connectivity index is 5.10. The number of hydrogen-bond donors (Lipinski definition) is 0. The Morgan fingerprint density at radius 2 is 1.57 bits per heavy atom. The third-order valence-corrected chi connectivity index (χ3v) is 2.83. The highest BCUT2D eigenvalue weighted by Crippen LogP contribution is 2.19. The standard InChI is InChI=1S/C16H29NO4/c1-10-16(7,8)20-13(18)12(11(2)3)17(9)14(19)21-15(4,5)6/h10-12H,1H2,2-9H3/t12-/m0/s1. The number of carbonyl (C=O) groups is 2. The minimum Gasteiger partial charge on any atom is -0.454 e. The lowest BCUT2D eigenvalue weighted by Crippen LogP contribution is -2.49. The molecule has 0 aromatic carbocycles. The van der Waals surface area contributed by atoms with E-state index >= 15 is 0 Å². The van der Waals surface area contributed by atoms with Crippen LogP contribution in [0.15, 0.2) is 12.7 Å². The molecule has 0 aliphatic carbocycles. The van der Waals surface area contributed by atoms with Crippen LogP contribution in [0.1, 0.15) is 48.5 Å². The number of amides is 1. The molecule has 0 spiro atoms. The van der Waals surface area contributed by atoms with Gasteiger partial charge in [-0.15, -0.1) is 0 Å². The van der Waals surface area contributed by atoms with Crippen molar-refractivity contribution in [2.45, 2.75) is 65.7 Å². The lowest BCUT2D eigenvalue weighted by molar-refractivity contribution is -0.160. The van der Waals surface area contributed by atoms with Gasteiger partial charge in [0.15, 0.2) is 0 Å². The van der Waals surface area contributed by atoms with E-state index in [1.165, 1.54) is 4.90 Å². The van der Waals surface area contributed by atoms with Gasteiger partial charge in [-0.05, 0) is 46.6 Å². The van der Waals surface area contributed by atoms with Crippen LogP contribution >= 0.6 is 0 Å². The zero-order valence-corrected chi connectivity index (χ0v) is 14.5. The second kappa shape index (κ2) is 6.96. The van der Waals surface area contributed by atoms with Crippen LogP contribution in [0.5, 0.6) is 0 Å². The van der Waals surface area contributed by atoms with Crippen molar-refractivity contribution < 1.29 is 19.1 Å². The van der Waals surface area contributed by atoms with Gasteiger partial charge in [0, 0.05) is 7.05 Å². The molecule has 0 saturated heterocycles. The summed E-state index contributed by atoms with van der Waals surface area (Å²) in [5, 5.41) is 0. The molecule has 0 aromatic heterocycles. The average molecular weight is 299 g/mol. The fraction of sp³-hybridized carbons (Fsp3) is 0.750. The summed E-state index contributed by atoms with van der Waals surface area (Å²) in [5.41, 5.74) is -1.39. The monoisotopic (exact) mass is 299 g/mol. The van der Waals surface area contributed by atoms with Gasteiger partial charge in [0.1, 0.15) is 17.2 Å². The third kappa shape index (κ3) is 6.65. The van der Waals surface area contributed by atoms with Crippen molar-refractivity contribution in [1.82, 2.24) is 4.90 Å². The second-order valence-electron chi connectivity index (χ2n) is 7.01. The molecule has 5 heteroatoms. The molecule has 0 aliphatic rings. The number of nitrogens with zero attached hydrogens (tertiary/aromatic N) is 1. The quantitative estimate of drug-likeness (QED) is 0.577. The van der Waals surface area contributed by atoms with Gasteiger partial charge >= 0.3 is 12.1 Å². The van der Waals surface area contributed by atoms with Crippen LogP contribution < -0.4 is 0 Å². The Bertz CT molecular complexity index is 394. The highest BCUT2D eigenvalue weighted by atomic mass is 16.6. The topological polar surface area (TPSA) is 55.8 Å². The molecule has 21 heavy (non-hydrogen) atoms. The van der Waals surface area contributed by atoms with Crippen LogP contribution in [-0.4, -0.2) is 41.3 Å². The maximum atomic E-state index is 12.4. The van der Waals surface area contributed by atoms with E-state index in [4.69, 9.17) is 9.47 Å². The van der Waals surface area contributed by atoms with Crippen LogP contribution in [0.3, 0.4) is 0 Å². The molecular formula is C16H29NO4. The molecule has 0 radical (unpaired) electrons. The first-order valence-electron chi connectivity index (χ1n) is 7.13. The van der Waals surface area contributed by atoms with Crippen LogP contribution in [0.4, 0.5) is 4.79 Å². The van der Waals surface area contributed by atoms with Gasteiger partial charge in [0.05, 0.1) is 0 Å². The highest BCUT2D eigenvalue weighted by molar-refractivity contribution is 5.82. The molecule has 0 saturated carbocycles. The summed E-state index contributed by atoms with van der Waals surface area (Å²) < 4.78 is 10.7. The molecular weight excluding hydrogens is 270 g/mol. The van der Waals surface area contributed by atoms with Crippen LogP contribution in [0.25, 0.3) is 0 Å². The van der Waals surface area contributed by atoms with Crippen molar-refractivity contribution in [1.29, 1.82) is 0 Å². The smallest absolute Gasteiger partial charge is 0.410 e. The van der Waals surface area contributed by atoms with Gasteiger partial charge in [0.2, 0.25) is 0 Å². The molecule has 0 aliphatic heterocycles. The molecule has 122 valence electrons. The average Bonchev–Trinajstić information content (AvgIpc) is 2.25. The lowest BCUT2D eigenvalue weighted by atomic mass is 10.0. The number of esters is 1.